The quantitative estimate of drug-likeness (QED) is 0.827. The van der Waals surface area contributed by atoms with Crippen molar-refractivity contribution in [2.24, 2.45) is 0 Å². The van der Waals surface area contributed by atoms with E-state index in [1.54, 1.807) is 11.8 Å². The minimum Gasteiger partial charge on any atom is -0.361 e. The van der Waals surface area contributed by atoms with E-state index < -0.39 is 0 Å². The van der Waals surface area contributed by atoms with Crippen LogP contribution in [0.3, 0.4) is 0 Å². The molecule has 18 heavy (non-hydrogen) atoms. The molecule has 1 N–H and O–H groups in total. The zero-order chi connectivity index (χ0) is 13.1. The molecule has 0 amide bonds. The Kier molecular flexibility index (Phi) is 4.36. The van der Waals surface area contributed by atoms with E-state index in [0.29, 0.717) is 6.04 Å². The molecule has 98 valence electrons. The minimum absolute atomic E-state index is 0.608. The first-order valence-electron chi connectivity index (χ1n) is 6.46. The van der Waals surface area contributed by atoms with Gasteiger partial charge < -0.3 is 9.88 Å². The zero-order valence-corrected chi connectivity index (χ0v) is 12.5. The number of hydrogen-bond acceptors (Lipinski definition) is 2. The van der Waals surface area contributed by atoms with Crippen LogP contribution < -0.4 is 0 Å². The lowest BCUT2D eigenvalue weighted by Crippen LogP contribution is -2.28. The van der Waals surface area contributed by atoms with E-state index in [0.717, 1.165) is 13.0 Å². The van der Waals surface area contributed by atoms with Crippen molar-refractivity contribution in [2.45, 2.75) is 31.2 Å². The Morgan fingerprint density at radius 3 is 2.78 bits per heavy atom. The highest BCUT2D eigenvalue weighted by Gasteiger charge is 2.07. The van der Waals surface area contributed by atoms with Crippen molar-refractivity contribution in [2.75, 3.05) is 19.8 Å². The third kappa shape index (κ3) is 2.90. The number of fused-ring (bicyclic) bond motifs is 1. The molecule has 1 aromatic heterocycles. The summed E-state index contributed by atoms with van der Waals surface area (Å²) in [5, 5.41) is 1.37. The molecule has 1 heterocycles. The van der Waals surface area contributed by atoms with Crippen molar-refractivity contribution < 1.29 is 0 Å². The van der Waals surface area contributed by atoms with E-state index in [9.17, 15) is 0 Å². The lowest BCUT2D eigenvalue weighted by atomic mass is 10.1. The molecule has 0 bridgehead atoms. The number of aromatic amines is 1. The van der Waals surface area contributed by atoms with Crippen LogP contribution in [0.2, 0.25) is 0 Å². The molecule has 0 aliphatic heterocycles. The summed E-state index contributed by atoms with van der Waals surface area (Å²) in [6, 6.07) is 7.25. The lowest BCUT2D eigenvalue weighted by Gasteiger charge is -2.20. The molecule has 0 fully saturated rings. The second-order valence-electron chi connectivity index (χ2n) is 5.05. The third-order valence-corrected chi connectivity index (χ3v) is 4.32. The van der Waals surface area contributed by atoms with Gasteiger partial charge in [0.1, 0.15) is 0 Å². The summed E-state index contributed by atoms with van der Waals surface area (Å²) in [6.45, 7) is 5.58. The fourth-order valence-corrected chi connectivity index (χ4v) is 2.49. The smallest absolute Gasteiger partial charge is 0.0457 e. The molecule has 2 aromatic rings. The first kappa shape index (κ1) is 13.5. The van der Waals surface area contributed by atoms with Gasteiger partial charge in [0.2, 0.25) is 0 Å². The Bertz CT molecular complexity index is 516. The molecule has 0 aliphatic rings. The maximum absolute atomic E-state index is 3.36. The van der Waals surface area contributed by atoms with Crippen molar-refractivity contribution in [1.29, 1.82) is 0 Å². The Balaban J connectivity index is 2.18. The topological polar surface area (TPSA) is 19.0 Å². The highest BCUT2D eigenvalue weighted by Crippen LogP contribution is 2.24. The number of benzene rings is 1. The molecule has 0 saturated carbocycles. The van der Waals surface area contributed by atoms with Gasteiger partial charge >= 0.3 is 0 Å². The highest BCUT2D eigenvalue weighted by molar-refractivity contribution is 7.98. The molecular formula is C15H22N2S. The van der Waals surface area contributed by atoms with Crippen LogP contribution in [0.1, 0.15) is 19.4 Å². The second kappa shape index (κ2) is 5.81. The molecule has 0 unspecified atom stereocenters. The minimum atomic E-state index is 0.608. The van der Waals surface area contributed by atoms with Gasteiger partial charge in [-0.15, -0.1) is 11.8 Å². The molecule has 0 spiro atoms. The van der Waals surface area contributed by atoms with Gasteiger partial charge in [-0.2, -0.15) is 0 Å². The zero-order valence-electron chi connectivity index (χ0n) is 11.7. The normalized spacial score (nSPS) is 11.9. The van der Waals surface area contributed by atoms with Crippen LogP contribution in [-0.2, 0) is 6.42 Å². The summed E-state index contributed by atoms with van der Waals surface area (Å²) in [6.07, 6.45) is 5.38. The van der Waals surface area contributed by atoms with Crippen LogP contribution in [0.4, 0.5) is 0 Å². The maximum Gasteiger partial charge on any atom is 0.0457 e. The maximum atomic E-state index is 3.36. The standard InChI is InChI=1S/C15H22N2S/c1-11(2)17(3)8-7-12-10-16-15-6-5-13(18-4)9-14(12)15/h5-6,9-11,16H,7-8H2,1-4H3. The van der Waals surface area contributed by atoms with Gasteiger partial charge in [-0.05, 0) is 57.3 Å². The Morgan fingerprint density at radius 2 is 2.11 bits per heavy atom. The highest BCUT2D eigenvalue weighted by atomic mass is 32.2. The van der Waals surface area contributed by atoms with Gasteiger partial charge in [-0.25, -0.2) is 0 Å². The number of H-pyrrole nitrogens is 1. The van der Waals surface area contributed by atoms with Crippen LogP contribution in [-0.4, -0.2) is 35.8 Å². The Hall–Kier alpha value is -0.930. The van der Waals surface area contributed by atoms with E-state index >= 15 is 0 Å². The Morgan fingerprint density at radius 1 is 1.33 bits per heavy atom. The largest absolute Gasteiger partial charge is 0.361 e. The molecule has 2 rings (SSSR count). The van der Waals surface area contributed by atoms with Crippen LogP contribution in [0.5, 0.6) is 0 Å². The monoisotopic (exact) mass is 262 g/mol. The van der Waals surface area contributed by atoms with Crippen molar-refractivity contribution in [1.82, 2.24) is 9.88 Å². The molecule has 0 aliphatic carbocycles. The molecule has 3 heteroatoms. The van der Waals surface area contributed by atoms with Crippen LogP contribution >= 0.6 is 11.8 Å². The molecular weight excluding hydrogens is 240 g/mol. The van der Waals surface area contributed by atoms with Gasteiger partial charge in [0.25, 0.3) is 0 Å². The van der Waals surface area contributed by atoms with E-state index in [-0.39, 0.29) is 0 Å². The van der Waals surface area contributed by atoms with E-state index in [4.69, 9.17) is 0 Å². The van der Waals surface area contributed by atoms with Gasteiger partial charge in [0, 0.05) is 34.6 Å². The lowest BCUT2D eigenvalue weighted by molar-refractivity contribution is 0.278. The van der Waals surface area contributed by atoms with E-state index in [1.807, 2.05) is 0 Å². The first-order valence-corrected chi connectivity index (χ1v) is 7.68. The first-order chi connectivity index (χ1) is 8.61. The number of hydrogen-bond donors (Lipinski definition) is 1. The number of nitrogens with zero attached hydrogens (tertiary/aromatic N) is 1. The van der Waals surface area contributed by atoms with Crippen molar-refractivity contribution >= 4 is 22.7 Å². The Labute approximate surface area is 114 Å². The summed E-state index contributed by atoms with van der Waals surface area (Å²) in [7, 11) is 2.19. The van der Waals surface area contributed by atoms with Crippen molar-refractivity contribution in [3.8, 4) is 0 Å². The van der Waals surface area contributed by atoms with Gasteiger partial charge in [-0.3, -0.25) is 0 Å². The summed E-state index contributed by atoms with van der Waals surface area (Å²) in [4.78, 5) is 7.08. The van der Waals surface area contributed by atoms with Crippen LogP contribution in [0.15, 0.2) is 29.3 Å². The van der Waals surface area contributed by atoms with E-state index in [1.165, 1.54) is 21.4 Å². The number of thioether (sulfide) groups is 1. The molecule has 1 aromatic carbocycles. The second-order valence-corrected chi connectivity index (χ2v) is 5.93. The summed E-state index contributed by atoms with van der Waals surface area (Å²) < 4.78 is 0. The van der Waals surface area contributed by atoms with Crippen molar-refractivity contribution in [3.05, 3.63) is 30.0 Å². The number of nitrogens with one attached hydrogen (secondary N) is 1. The van der Waals surface area contributed by atoms with Crippen molar-refractivity contribution in [3.63, 3.8) is 0 Å². The predicted octanol–water partition coefficient (Wildman–Crippen LogP) is 3.77. The summed E-state index contributed by atoms with van der Waals surface area (Å²) in [5.74, 6) is 0. The molecule has 0 saturated heterocycles. The SMILES string of the molecule is CSc1ccc2[nH]cc(CCN(C)C(C)C)c2c1. The number of likely N-dealkylation sites (N-methyl/N-ethyl adjacent to an activating group) is 1. The third-order valence-electron chi connectivity index (χ3n) is 3.59. The van der Waals surface area contributed by atoms with Gasteiger partial charge in [0.05, 0.1) is 0 Å². The number of aromatic nitrogens is 1. The average Bonchev–Trinajstić information content (AvgIpc) is 2.77. The average molecular weight is 262 g/mol. The summed E-state index contributed by atoms with van der Waals surface area (Å²) in [5.41, 5.74) is 2.67. The van der Waals surface area contributed by atoms with E-state index in [2.05, 4.69) is 61.4 Å². The molecule has 0 radical (unpaired) electrons. The van der Waals surface area contributed by atoms with Crippen LogP contribution in [0, 0.1) is 0 Å². The predicted molar refractivity (Wildman–Crippen MR) is 81.5 cm³/mol. The van der Waals surface area contributed by atoms with Crippen LogP contribution in [0.25, 0.3) is 10.9 Å². The number of rotatable bonds is 5. The molecule has 0 atom stereocenters. The van der Waals surface area contributed by atoms with Gasteiger partial charge in [0.15, 0.2) is 0 Å². The summed E-state index contributed by atoms with van der Waals surface area (Å²) >= 11 is 1.80. The fourth-order valence-electron chi connectivity index (χ4n) is 2.05. The van der Waals surface area contributed by atoms with Gasteiger partial charge in [-0.1, -0.05) is 0 Å². The molecule has 2 nitrogen and oxygen atoms in total. The fraction of sp³-hybridized carbons (Fsp3) is 0.467.